The molecule has 4 nitrogen and oxygen atoms in total. The summed E-state index contributed by atoms with van der Waals surface area (Å²) in [6.07, 6.45) is 2.34. The third-order valence-corrected chi connectivity index (χ3v) is 2.89. The average molecular weight is 231 g/mol. The predicted octanol–water partition coefficient (Wildman–Crippen LogP) is 1.85. The number of imidazole rings is 1. The van der Waals surface area contributed by atoms with Crippen LogP contribution in [0.5, 0.6) is 0 Å². The number of benzene rings is 1. The number of aryl methyl sites for hydroxylation is 1. The van der Waals surface area contributed by atoms with Crippen molar-refractivity contribution in [3.8, 4) is 0 Å². The molecule has 0 saturated heterocycles. The molecule has 1 aromatic heterocycles. The van der Waals surface area contributed by atoms with E-state index in [1.165, 1.54) is 0 Å². The Kier molecular flexibility index (Phi) is 3.54. The van der Waals surface area contributed by atoms with Crippen LogP contribution in [0.1, 0.15) is 23.7 Å². The lowest BCUT2D eigenvalue weighted by molar-refractivity contribution is 0.0983. The van der Waals surface area contributed by atoms with Crippen LogP contribution in [0.3, 0.4) is 0 Å². The van der Waals surface area contributed by atoms with E-state index >= 15 is 0 Å². The van der Waals surface area contributed by atoms with Gasteiger partial charge in [-0.05, 0) is 32.2 Å². The van der Waals surface area contributed by atoms with Crippen LogP contribution >= 0.6 is 0 Å². The van der Waals surface area contributed by atoms with Gasteiger partial charge in [0.2, 0.25) is 0 Å². The number of aromatic nitrogens is 2. The van der Waals surface area contributed by atoms with Crippen LogP contribution in [-0.4, -0.2) is 28.9 Å². The van der Waals surface area contributed by atoms with Gasteiger partial charge in [-0.15, -0.1) is 0 Å². The molecule has 0 saturated carbocycles. The fourth-order valence-corrected chi connectivity index (χ4v) is 1.87. The molecule has 2 rings (SSSR count). The second-order valence-electron chi connectivity index (χ2n) is 4.01. The second kappa shape index (κ2) is 5.10. The summed E-state index contributed by atoms with van der Waals surface area (Å²) in [5.41, 5.74) is 2.72. The average Bonchev–Trinajstić information content (AvgIpc) is 2.77. The molecule has 0 aliphatic rings. The Labute approximate surface area is 101 Å². The summed E-state index contributed by atoms with van der Waals surface area (Å²) in [6, 6.07) is 5.73. The first kappa shape index (κ1) is 11.8. The highest BCUT2D eigenvalue weighted by molar-refractivity contribution is 5.99. The van der Waals surface area contributed by atoms with Crippen LogP contribution in [0.15, 0.2) is 24.5 Å². The summed E-state index contributed by atoms with van der Waals surface area (Å²) in [6.45, 7) is 3.68. The number of nitrogens with one attached hydrogen (secondary N) is 1. The topological polar surface area (TPSA) is 46.9 Å². The van der Waals surface area contributed by atoms with Crippen molar-refractivity contribution in [1.82, 2.24) is 14.9 Å². The van der Waals surface area contributed by atoms with Crippen LogP contribution in [0, 0.1) is 0 Å². The molecule has 0 aliphatic heterocycles. The number of ketones is 1. The van der Waals surface area contributed by atoms with E-state index in [0.717, 1.165) is 23.1 Å². The molecule has 1 N–H and O–H groups in total. The first-order chi connectivity index (χ1) is 8.26. The van der Waals surface area contributed by atoms with E-state index in [9.17, 15) is 4.79 Å². The lowest BCUT2D eigenvalue weighted by Gasteiger charge is -2.02. The molecule has 2 aromatic rings. The Bertz CT molecular complexity index is 530. The highest BCUT2D eigenvalue weighted by atomic mass is 16.1. The molecular weight excluding hydrogens is 214 g/mol. The van der Waals surface area contributed by atoms with E-state index in [4.69, 9.17) is 0 Å². The standard InChI is InChI=1S/C13H17N3O/c1-3-16-9-15-11-8-10(4-5-12(11)16)13(17)6-7-14-2/h4-5,8-9,14H,3,6-7H2,1-2H3. The third kappa shape index (κ3) is 2.36. The van der Waals surface area contributed by atoms with Crippen molar-refractivity contribution in [2.45, 2.75) is 19.9 Å². The van der Waals surface area contributed by atoms with Crippen LogP contribution in [0.2, 0.25) is 0 Å². The van der Waals surface area contributed by atoms with Crippen LogP contribution in [0.25, 0.3) is 11.0 Å². The lowest BCUT2D eigenvalue weighted by Crippen LogP contribution is -2.13. The van der Waals surface area contributed by atoms with Gasteiger partial charge in [-0.25, -0.2) is 4.98 Å². The van der Waals surface area contributed by atoms with Crippen molar-refractivity contribution in [2.24, 2.45) is 0 Å². The Hall–Kier alpha value is -1.68. The maximum Gasteiger partial charge on any atom is 0.164 e. The van der Waals surface area contributed by atoms with Crippen LogP contribution < -0.4 is 5.32 Å². The van der Waals surface area contributed by atoms with Gasteiger partial charge in [-0.2, -0.15) is 0 Å². The number of Topliss-reactive ketones (excluding diaryl/α,β-unsaturated/α-hetero) is 1. The second-order valence-corrected chi connectivity index (χ2v) is 4.01. The van der Waals surface area contributed by atoms with Crippen molar-refractivity contribution in [3.63, 3.8) is 0 Å². The SMILES string of the molecule is CCn1cnc2cc(C(=O)CCNC)ccc21. The van der Waals surface area contributed by atoms with E-state index in [0.29, 0.717) is 13.0 Å². The number of fused-ring (bicyclic) bond motifs is 1. The van der Waals surface area contributed by atoms with Gasteiger partial charge in [-0.3, -0.25) is 4.79 Å². The van der Waals surface area contributed by atoms with Crippen molar-refractivity contribution in [3.05, 3.63) is 30.1 Å². The Morgan fingerprint density at radius 1 is 1.47 bits per heavy atom. The highest BCUT2D eigenvalue weighted by Gasteiger charge is 2.08. The molecular formula is C13H17N3O. The van der Waals surface area contributed by atoms with Gasteiger partial charge in [0, 0.05) is 25.1 Å². The molecule has 0 aliphatic carbocycles. The molecule has 0 unspecified atom stereocenters. The summed E-state index contributed by atoms with van der Waals surface area (Å²) in [5.74, 6) is 0.160. The Morgan fingerprint density at radius 3 is 3.00 bits per heavy atom. The number of nitrogens with zero attached hydrogens (tertiary/aromatic N) is 2. The Balaban J connectivity index is 2.29. The third-order valence-electron chi connectivity index (χ3n) is 2.89. The first-order valence-electron chi connectivity index (χ1n) is 5.89. The highest BCUT2D eigenvalue weighted by Crippen LogP contribution is 2.15. The minimum Gasteiger partial charge on any atom is -0.331 e. The number of rotatable bonds is 5. The zero-order valence-corrected chi connectivity index (χ0v) is 10.2. The van der Waals surface area contributed by atoms with Gasteiger partial charge >= 0.3 is 0 Å². The molecule has 0 radical (unpaired) electrons. The van der Waals surface area contributed by atoms with Gasteiger partial charge in [-0.1, -0.05) is 0 Å². The lowest BCUT2D eigenvalue weighted by atomic mass is 10.1. The Morgan fingerprint density at radius 2 is 2.29 bits per heavy atom. The molecule has 0 amide bonds. The summed E-state index contributed by atoms with van der Waals surface area (Å²) >= 11 is 0. The number of hydrogen-bond acceptors (Lipinski definition) is 3. The van der Waals surface area contributed by atoms with E-state index in [2.05, 4.69) is 21.8 Å². The maximum atomic E-state index is 11.8. The molecule has 0 bridgehead atoms. The molecule has 0 spiro atoms. The molecule has 0 atom stereocenters. The summed E-state index contributed by atoms with van der Waals surface area (Å²) in [7, 11) is 1.85. The summed E-state index contributed by atoms with van der Waals surface area (Å²) in [4.78, 5) is 16.2. The molecule has 1 aromatic carbocycles. The van der Waals surface area contributed by atoms with Gasteiger partial charge in [0.1, 0.15) is 0 Å². The number of hydrogen-bond donors (Lipinski definition) is 1. The molecule has 1 heterocycles. The molecule has 0 fully saturated rings. The van der Waals surface area contributed by atoms with E-state index in [1.54, 1.807) is 0 Å². The van der Waals surface area contributed by atoms with E-state index < -0.39 is 0 Å². The predicted molar refractivity (Wildman–Crippen MR) is 68.3 cm³/mol. The van der Waals surface area contributed by atoms with Gasteiger partial charge in [0.05, 0.1) is 17.4 Å². The van der Waals surface area contributed by atoms with E-state index in [-0.39, 0.29) is 5.78 Å². The number of carbonyl (C=O) groups excluding carboxylic acids is 1. The molecule has 90 valence electrons. The quantitative estimate of drug-likeness (QED) is 0.799. The summed E-state index contributed by atoms with van der Waals surface area (Å²) in [5, 5.41) is 2.98. The fraction of sp³-hybridized carbons (Fsp3) is 0.385. The monoisotopic (exact) mass is 231 g/mol. The summed E-state index contributed by atoms with van der Waals surface area (Å²) < 4.78 is 2.07. The minimum absolute atomic E-state index is 0.160. The largest absolute Gasteiger partial charge is 0.331 e. The van der Waals surface area contributed by atoms with Gasteiger partial charge < -0.3 is 9.88 Å². The van der Waals surface area contributed by atoms with Crippen LogP contribution in [-0.2, 0) is 6.54 Å². The van der Waals surface area contributed by atoms with Crippen molar-refractivity contribution in [2.75, 3.05) is 13.6 Å². The minimum atomic E-state index is 0.160. The molecule has 4 heteroatoms. The van der Waals surface area contributed by atoms with Crippen molar-refractivity contribution < 1.29 is 4.79 Å². The molecule has 17 heavy (non-hydrogen) atoms. The van der Waals surface area contributed by atoms with E-state index in [1.807, 2.05) is 31.6 Å². The fourth-order valence-electron chi connectivity index (χ4n) is 1.87. The maximum absolute atomic E-state index is 11.8. The normalized spacial score (nSPS) is 10.9. The zero-order valence-electron chi connectivity index (χ0n) is 10.2. The van der Waals surface area contributed by atoms with Gasteiger partial charge in [0.15, 0.2) is 5.78 Å². The smallest absolute Gasteiger partial charge is 0.164 e. The zero-order chi connectivity index (χ0) is 12.3. The van der Waals surface area contributed by atoms with Gasteiger partial charge in [0.25, 0.3) is 0 Å². The van der Waals surface area contributed by atoms with Crippen molar-refractivity contribution in [1.29, 1.82) is 0 Å². The number of carbonyl (C=O) groups is 1. The van der Waals surface area contributed by atoms with Crippen molar-refractivity contribution >= 4 is 16.8 Å². The first-order valence-corrected chi connectivity index (χ1v) is 5.89. The van der Waals surface area contributed by atoms with Crippen LogP contribution in [0.4, 0.5) is 0 Å².